The summed E-state index contributed by atoms with van der Waals surface area (Å²) in [5.74, 6) is 0.464. The zero-order valence-electron chi connectivity index (χ0n) is 14.0. The number of nitrogens with zero attached hydrogens (tertiary/aromatic N) is 3. The lowest BCUT2D eigenvalue weighted by Crippen LogP contribution is -2.48. The number of carbonyl (C=O) groups excluding carboxylic acids is 2. The summed E-state index contributed by atoms with van der Waals surface area (Å²) in [6, 6.07) is 6.36. The number of hydrogen-bond acceptors (Lipinski definition) is 3. The Morgan fingerprint density at radius 1 is 1.13 bits per heavy atom. The molecular formula is C18H25N3O2. The van der Waals surface area contributed by atoms with Gasteiger partial charge in [-0.2, -0.15) is 0 Å². The second-order valence-corrected chi connectivity index (χ2v) is 6.38. The van der Waals surface area contributed by atoms with Crippen LogP contribution in [0.15, 0.2) is 18.2 Å². The van der Waals surface area contributed by atoms with Gasteiger partial charge in [0.05, 0.1) is 0 Å². The first kappa shape index (κ1) is 15.8. The van der Waals surface area contributed by atoms with E-state index in [0.29, 0.717) is 12.8 Å². The minimum absolute atomic E-state index is 0.188. The van der Waals surface area contributed by atoms with E-state index in [1.54, 1.807) is 4.90 Å². The van der Waals surface area contributed by atoms with Crippen molar-refractivity contribution in [2.24, 2.45) is 0 Å². The lowest BCUT2D eigenvalue weighted by molar-refractivity contribution is -0.131. The summed E-state index contributed by atoms with van der Waals surface area (Å²) in [4.78, 5) is 29.8. The molecule has 2 amide bonds. The van der Waals surface area contributed by atoms with E-state index in [2.05, 4.69) is 23.1 Å². The summed E-state index contributed by atoms with van der Waals surface area (Å²) in [5.41, 5.74) is 3.48. The van der Waals surface area contributed by atoms with Crippen LogP contribution >= 0.6 is 0 Å². The standard InChI is InChI=1S/C18H25N3O2/c1-3-4-18(23)21-11-9-20(10-12-21)15-6-7-16-14(13-15)5-8-17(22)19(16)2/h6-7,13H,3-5,8-12H2,1-2H3. The number of benzene rings is 1. The number of carbonyl (C=O) groups is 2. The van der Waals surface area contributed by atoms with Gasteiger partial charge in [-0.1, -0.05) is 6.92 Å². The van der Waals surface area contributed by atoms with E-state index in [-0.39, 0.29) is 11.8 Å². The van der Waals surface area contributed by atoms with Crippen LogP contribution in [0.1, 0.15) is 31.7 Å². The second-order valence-electron chi connectivity index (χ2n) is 6.38. The van der Waals surface area contributed by atoms with Gasteiger partial charge in [0.15, 0.2) is 0 Å². The lowest BCUT2D eigenvalue weighted by Gasteiger charge is -2.37. The summed E-state index contributed by atoms with van der Waals surface area (Å²) in [6.07, 6.45) is 2.98. The molecule has 124 valence electrons. The van der Waals surface area contributed by atoms with E-state index in [1.165, 1.54) is 11.3 Å². The Labute approximate surface area is 137 Å². The zero-order valence-corrected chi connectivity index (χ0v) is 14.0. The fourth-order valence-corrected chi connectivity index (χ4v) is 3.43. The van der Waals surface area contributed by atoms with Crippen LogP contribution in [0.4, 0.5) is 11.4 Å². The first-order chi connectivity index (χ1) is 11.1. The molecule has 1 aromatic carbocycles. The molecule has 5 heteroatoms. The Hall–Kier alpha value is -2.04. The molecule has 0 saturated carbocycles. The van der Waals surface area contributed by atoms with Gasteiger partial charge < -0.3 is 14.7 Å². The van der Waals surface area contributed by atoms with Gasteiger partial charge in [-0.15, -0.1) is 0 Å². The summed E-state index contributed by atoms with van der Waals surface area (Å²) in [7, 11) is 1.85. The normalized spacial score (nSPS) is 18.2. The molecule has 2 heterocycles. The number of anilines is 2. The van der Waals surface area contributed by atoms with Crippen molar-refractivity contribution >= 4 is 23.2 Å². The molecule has 3 rings (SSSR count). The van der Waals surface area contributed by atoms with E-state index >= 15 is 0 Å². The molecule has 0 spiro atoms. The molecular weight excluding hydrogens is 290 g/mol. The maximum absolute atomic E-state index is 12.0. The Bertz CT molecular complexity index is 606. The first-order valence-corrected chi connectivity index (χ1v) is 8.52. The van der Waals surface area contributed by atoms with Crippen LogP contribution in [0.2, 0.25) is 0 Å². The fraction of sp³-hybridized carbons (Fsp3) is 0.556. The summed E-state index contributed by atoms with van der Waals surface area (Å²) in [6.45, 7) is 5.40. The predicted octanol–water partition coefficient (Wildman–Crippen LogP) is 2.04. The number of piperazine rings is 1. The number of aryl methyl sites for hydroxylation is 1. The highest BCUT2D eigenvalue weighted by Gasteiger charge is 2.24. The van der Waals surface area contributed by atoms with Crippen LogP contribution in [0.25, 0.3) is 0 Å². The molecule has 2 aliphatic rings. The Kier molecular flexibility index (Phi) is 4.55. The fourth-order valence-electron chi connectivity index (χ4n) is 3.43. The van der Waals surface area contributed by atoms with Crippen molar-refractivity contribution < 1.29 is 9.59 Å². The number of fused-ring (bicyclic) bond motifs is 1. The van der Waals surface area contributed by atoms with Crippen molar-refractivity contribution in [3.8, 4) is 0 Å². The van der Waals surface area contributed by atoms with Crippen LogP contribution in [0, 0.1) is 0 Å². The predicted molar refractivity (Wildman–Crippen MR) is 91.9 cm³/mol. The highest BCUT2D eigenvalue weighted by atomic mass is 16.2. The Morgan fingerprint density at radius 3 is 2.57 bits per heavy atom. The maximum Gasteiger partial charge on any atom is 0.227 e. The van der Waals surface area contributed by atoms with Crippen LogP contribution in [-0.4, -0.2) is 49.9 Å². The van der Waals surface area contributed by atoms with Crippen molar-refractivity contribution in [1.82, 2.24) is 4.90 Å². The molecule has 0 bridgehead atoms. The highest BCUT2D eigenvalue weighted by Crippen LogP contribution is 2.31. The largest absolute Gasteiger partial charge is 0.368 e. The van der Waals surface area contributed by atoms with Gasteiger partial charge in [-0.05, 0) is 36.6 Å². The van der Waals surface area contributed by atoms with E-state index in [0.717, 1.165) is 44.7 Å². The molecule has 0 aromatic heterocycles. The van der Waals surface area contributed by atoms with Crippen LogP contribution in [0.5, 0.6) is 0 Å². The van der Waals surface area contributed by atoms with E-state index in [4.69, 9.17) is 0 Å². The number of amides is 2. The number of rotatable bonds is 3. The van der Waals surface area contributed by atoms with Gasteiger partial charge in [-0.3, -0.25) is 9.59 Å². The second kappa shape index (κ2) is 6.60. The molecule has 5 nitrogen and oxygen atoms in total. The highest BCUT2D eigenvalue weighted by molar-refractivity contribution is 5.96. The van der Waals surface area contributed by atoms with Crippen molar-refractivity contribution in [3.63, 3.8) is 0 Å². The van der Waals surface area contributed by atoms with Gasteiger partial charge in [-0.25, -0.2) is 0 Å². The summed E-state index contributed by atoms with van der Waals surface area (Å²) in [5, 5.41) is 0. The van der Waals surface area contributed by atoms with Gasteiger partial charge in [0.2, 0.25) is 11.8 Å². The molecule has 0 aliphatic carbocycles. The minimum Gasteiger partial charge on any atom is -0.368 e. The van der Waals surface area contributed by atoms with Crippen molar-refractivity contribution in [2.75, 3.05) is 43.0 Å². The molecule has 0 N–H and O–H groups in total. The van der Waals surface area contributed by atoms with Gasteiger partial charge in [0.25, 0.3) is 0 Å². The van der Waals surface area contributed by atoms with Crippen molar-refractivity contribution in [1.29, 1.82) is 0 Å². The van der Waals surface area contributed by atoms with Gasteiger partial charge in [0.1, 0.15) is 0 Å². The van der Waals surface area contributed by atoms with Crippen LogP contribution in [0.3, 0.4) is 0 Å². The Morgan fingerprint density at radius 2 is 1.87 bits per heavy atom. The van der Waals surface area contributed by atoms with E-state index in [9.17, 15) is 9.59 Å². The minimum atomic E-state index is 0.188. The van der Waals surface area contributed by atoms with Crippen molar-refractivity contribution in [3.05, 3.63) is 23.8 Å². The average molecular weight is 315 g/mol. The molecule has 1 fully saturated rings. The quantitative estimate of drug-likeness (QED) is 0.857. The van der Waals surface area contributed by atoms with Gasteiger partial charge >= 0.3 is 0 Å². The third-order valence-electron chi connectivity index (χ3n) is 4.87. The lowest BCUT2D eigenvalue weighted by atomic mass is 10.0. The SMILES string of the molecule is CCCC(=O)N1CCN(c2ccc3c(c2)CCC(=O)N3C)CC1. The van der Waals surface area contributed by atoms with E-state index in [1.807, 2.05) is 18.9 Å². The zero-order chi connectivity index (χ0) is 16.4. The molecule has 0 unspecified atom stereocenters. The van der Waals surface area contributed by atoms with Crippen LogP contribution < -0.4 is 9.80 Å². The summed E-state index contributed by atoms with van der Waals surface area (Å²) < 4.78 is 0. The first-order valence-electron chi connectivity index (χ1n) is 8.52. The topological polar surface area (TPSA) is 43.9 Å². The average Bonchev–Trinajstić information content (AvgIpc) is 2.58. The third kappa shape index (κ3) is 3.19. The molecule has 1 saturated heterocycles. The van der Waals surface area contributed by atoms with E-state index < -0.39 is 0 Å². The smallest absolute Gasteiger partial charge is 0.227 e. The Balaban J connectivity index is 1.68. The van der Waals surface area contributed by atoms with Gasteiger partial charge in [0, 0.05) is 57.4 Å². The molecule has 1 aromatic rings. The van der Waals surface area contributed by atoms with Crippen molar-refractivity contribution in [2.45, 2.75) is 32.6 Å². The molecule has 0 atom stereocenters. The molecule has 2 aliphatic heterocycles. The summed E-state index contributed by atoms with van der Waals surface area (Å²) >= 11 is 0. The third-order valence-corrected chi connectivity index (χ3v) is 4.87. The number of hydrogen-bond donors (Lipinski definition) is 0. The monoisotopic (exact) mass is 315 g/mol. The molecule has 23 heavy (non-hydrogen) atoms. The van der Waals surface area contributed by atoms with Crippen LogP contribution in [-0.2, 0) is 16.0 Å². The maximum atomic E-state index is 12.0. The molecule has 0 radical (unpaired) electrons.